The van der Waals surface area contributed by atoms with E-state index in [9.17, 15) is 13.2 Å². The summed E-state index contributed by atoms with van der Waals surface area (Å²) in [6, 6.07) is 0. The van der Waals surface area contributed by atoms with Gasteiger partial charge in [-0.1, -0.05) is 6.92 Å². The van der Waals surface area contributed by atoms with Gasteiger partial charge >= 0.3 is 5.97 Å². The molecule has 1 rings (SSSR count). The molecule has 0 saturated carbocycles. The molecule has 1 heterocycles. The second-order valence-electron chi connectivity index (χ2n) is 4.59. The van der Waals surface area contributed by atoms with Gasteiger partial charge in [0.25, 0.3) is 10.2 Å². The van der Waals surface area contributed by atoms with Crippen LogP contribution in [0.1, 0.15) is 13.3 Å². The van der Waals surface area contributed by atoms with Crippen molar-refractivity contribution >= 4 is 16.2 Å². The molecule has 0 aromatic rings. The Kier molecular flexibility index (Phi) is 4.48. The van der Waals surface area contributed by atoms with Gasteiger partial charge in [-0.25, -0.2) is 4.72 Å². The molecule has 0 aromatic carbocycles. The Balaban J connectivity index is 2.41. The summed E-state index contributed by atoms with van der Waals surface area (Å²) in [4.78, 5) is 10.3. The Labute approximate surface area is 101 Å². The summed E-state index contributed by atoms with van der Waals surface area (Å²) >= 11 is 0. The summed E-state index contributed by atoms with van der Waals surface area (Å²) < 4.78 is 31.9. The van der Waals surface area contributed by atoms with E-state index in [0.29, 0.717) is 19.8 Å². The zero-order chi connectivity index (χ0) is 13.1. The van der Waals surface area contributed by atoms with E-state index in [2.05, 4.69) is 4.72 Å². The van der Waals surface area contributed by atoms with Gasteiger partial charge in [0.1, 0.15) is 0 Å². The van der Waals surface area contributed by atoms with Crippen LogP contribution in [0.5, 0.6) is 0 Å². The predicted molar refractivity (Wildman–Crippen MR) is 60.7 cm³/mol. The van der Waals surface area contributed by atoms with Crippen LogP contribution in [0.15, 0.2) is 0 Å². The lowest BCUT2D eigenvalue weighted by molar-refractivity contribution is -0.137. The first-order valence-electron chi connectivity index (χ1n) is 5.26. The van der Waals surface area contributed by atoms with Crippen molar-refractivity contribution < 1.29 is 23.1 Å². The first-order chi connectivity index (χ1) is 7.75. The number of carboxylic acids is 1. The molecule has 0 radical (unpaired) electrons. The fourth-order valence-corrected chi connectivity index (χ4v) is 2.38. The summed E-state index contributed by atoms with van der Waals surface area (Å²) in [5, 5.41) is 8.48. The number of ether oxygens (including phenoxy) is 1. The fourth-order valence-electron chi connectivity index (χ4n) is 1.30. The van der Waals surface area contributed by atoms with Gasteiger partial charge in [0, 0.05) is 25.6 Å². The van der Waals surface area contributed by atoms with Crippen molar-refractivity contribution in [1.82, 2.24) is 9.03 Å². The van der Waals surface area contributed by atoms with Crippen LogP contribution in [-0.2, 0) is 19.7 Å². The molecular formula is C9H18N2O5S. The largest absolute Gasteiger partial charge is 0.481 e. The van der Waals surface area contributed by atoms with E-state index in [0.717, 1.165) is 4.31 Å². The topological polar surface area (TPSA) is 95.9 Å². The second kappa shape index (κ2) is 5.30. The molecule has 0 atom stereocenters. The molecule has 1 fully saturated rings. The lowest BCUT2D eigenvalue weighted by atomic mass is 9.89. The minimum atomic E-state index is -3.60. The van der Waals surface area contributed by atoms with Crippen LogP contribution in [0.3, 0.4) is 0 Å². The highest BCUT2D eigenvalue weighted by Crippen LogP contribution is 2.25. The van der Waals surface area contributed by atoms with E-state index in [1.165, 1.54) is 7.05 Å². The number of hydrogen-bond donors (Lipinski definition) is 2. The van der Waals surface area contributed by atoms with E-state index >= 15 is 0 Å². The second-order valence-corrected chi connectivity index (χ2v) is 6.46. The first kappa shape index (κ1) is 14.4. The van der Waals surface area contributed by atoms with Crippen molar-refractivity contribution in [2.45, 2.75) is 13.3 Å². The number of carboxylic acid groups (broad SMARTS) is 1. The lowest BCUT2D eigenvalue weighted by Gasteiger charge is -2.38. The third kappa shape index (κ3) is 4.23. The maximum atomic E-state index is 11.7. The molecule has 0 aromatic heterocycles. The van der Waals surface area contributed by atoms with E-state index in [-0.39, 0.29) is 18.4 Å². The normalized spacial score (nSPS) is 19.0. The Hall–Kier alpha value is -0.700. The van der Waals surface area contributed by atoms with E-state index in [1.54, 1.807) is 0 Å². The van der Waals surface area contributed by atoms with Crippen molar-refractivity contribution in [2.75, 3.05) is 33.4 Å². The summed E-state index contributed by atoms with van der Waals surface area (Å²) in [5.41, 5.74) is -0.152. The van der Waals surface area contributed by atoms with Crippen molar-refractivity contribution in [3.05, 3.63) is 0 Å². The van der Waals surface area contributed by atoms with Crippen molar-refractivity contribution in [2.24, 2.45) is 5.41 Å². The quantitative estimate of drug-likeness (QED) is 0.633. The van der Waals surface area contributed by atoms with Crippen LogP contribution in [0.25, 0.3) is 0 Å². The van der Waals surface area contributed by atoms with E-state index in [4.69, 9.17) is 9.84 Å². The molecule has 1 aliphatic rings. The first-order valence-corrected chi connectivity index (χ1v) is 6.70. The van der Waals surface area contributed by atoms with E-state index in [1.807, 2.05) is 6.92 Å². The summed E-state index contributed by atoms with van der Waals surface area (Å²) in [6.45, 7) is 3.25. The Morgan fingerprint density at radius 1 is 1.53 bits per heavy atom. The van der Waals surface area contributed by atoms with Gasteiger partial charge in [0.05, 0.1) is 19.6 Å². The molecular weight excluding hydrogens is 248 g/mol. The Morgan fingerprint density at radius 2 is 2.12 bits per heavy atom. The maximum absolute atomic E-state index is 11.7. The standard InChI is InChI=1S/C9H18N2O5S/c1-9(6-16-7-9)5-10-17(14,15)11(2)4-3-8(12)13/h10H,3-7H2,1-2H3,(H,12,13). The maximum Gasteiger partial charge on any atom is 0.304 e. The third-order valence-electron chi connectivity index (χ3n) is 2.63. The summed E-state index contributed by atoms with van der Waals surface area (Å²) in [6.07, 6.45) is -0.211. The molecule has 0 bridgehead atoms. The predicted octanol–water partition coefficient (Wildman–Crippen LogP) is -0.736. The summed E-state index contributed by atoms with van der Waals surface area (Å²) in [7, 11) is -2.25. The molecule has 7 nitrogen and oxygen atoms in total. The lowest BCUT2D eigenvalue weighted by Crippen LogP contribution is -2.51. The van der Waals surface area contributed by atoms with Crippen LogP contribution in [0.4, 0.5) is 0 Å². The number of carbonyl (C=O) groups is 1. The molecule has 17 heavy (non-hydrogen) atoms. The van der Waals surface area contributed by atoms with Gasteiger partial charge in [0.15, 0.2) is 0 Å². The highest BCUT2D eigenvalue weighted by atomic mass is 32.2. The third-order valence-corrected chi connectivity index (χ3v) is 4.15. The summed E-state index contributed by atoms with van der Waals surface area (Å²) in [5.74, 6) is -1.02. The SMILES string of the molecule is CN(CCC(=O)O)S(=O)(=O)NCC1(C)COC1. The molecule has 0 unspecified atom stereocenters. The van der Waals surface area contributed by atoms with Crippen LogP contribution < -0.4 is 4.72 Å². The van der Waals surface area contributed by atoms with Crippen LogP contribution in [0, 0.1) is 5.41 Å². The zero-order valence-electron chi connectivity index (χ0n) is 9.97. The van der Waals surface area contributed by atoms with Crippen LogP contribution in [0.2, 0.25) is 0 Å². The number of hydrogen-bond acceptors (Lipinski definition) is 4. The zero-order valence-corrected chi connectivity index (χ0v) is 10.8. The number of rotatable bonds is 7. The van der Waals surface area contributed by atoms with Crippen LogP contribution >= 0.6 is 0 Å². The minimum absolute atomic E-state index is 0.0438. The Morgan fingerprint density at radius 3 is 2.53 bits per heavy atom. The average molecular weight is 266 g/mol. The molecule has 1 aliphatic heterocycles. The van der Waals surface area contributed by atoms with Gasteiger partial charge in [-0.05, 0) is 0 Å². The molecule has 0 aliphatic carbocycles. The molecule has 8 heteroatoms. The van der Waals surface area contributed by atoms with Crippen molar-refractivity contribution in [3.8, 4) is 0 Å². The smallest absolute Gasteiger partial charge is 0.304 e. The fraction of sp³-hybridized carbons (Fsp3) is 0.889. The van der Waals surface area contributed by atoms with Gasteiger partial charge in [-0.15, -0.1) is 0 Å². The van der Waals surface area contributed by atoms with Crippen molar-refractivity contribution in [3.63, 3.8) is 0 Å². The van der Waals surface area contributed by atoms with Crippen LogP contribution in [-0.4, -0.2) is 57.1 Å². The molecule has 0 spiro atoms. The highest BCUT2D eigenvalue weighted by Gasteiger charge is 2.34. The Bertz CT molecular complexity index is 377. The highest BCUT2D eigenvalue weighted by molar-refractivity contribution is 7.87. The molecule has 2 N–H and O–H groups in total. The molecule has 1 saturated heterocycles. The van der Waals surface area contributed by atoms with E-state index < -0.39 is 16.2 Å². The monoisotopic (exact) mass is 266 g/mol. The van der Waals surface area contributed by atoms with Gasteiger partial charge < -0.3 is 9.84 Å². The van der Waals surface area contributed by atoms with Gasteiger partial charge in [-0.3, -0.25) is 4.79 Å². The molecule has 0 amide bonds. The van der Waals surface area contributed by atoms with Gasteiger partial charge in [-0.2, -0.15) is 12.7 Å². The molecule has 100 valence electrons. The van der Waals surface area contributed by atoms with Gasteiger partial charge in [0.2, 0.25) is 0 Å². The number of nitrogens with zero attached hydrogens (tertiary/aromatic N) is 1. The minimum Gasteiger partial charge on any atom is -0.481 e. The number of nitrogens with one attached hydrogen (secondary N) is 1. The average Bonchev–Trinajstić information content (AvgIpc) is 2.20. The van der Waals surface area contributed by atoms with Crippen molar-refractivity contribution in [1.29, 1.82) is 0 Å². The number of aliphatic carboxylic acids is 1.